The third-order valence-corrected chi connectivity index (χ3v) is 3.02. The molecular formula is C15H24FN3O2. The van der Waals surface area contributed by atoms with Crippen LogP contribution in [0.15, 0.2) is 18.2 Å². The van der Waals surface area contributed by atoms with Crippen molar-refractivity contribution in [2.75, 3.05) is 44.4 Å². The summed E-state index contributed by atoms with van der Waals surface area (Å²) >= 11 is 0. The predicted molar refractivity (Wildman–Crippen MR) is 82.6 cm³/mol. The van der Waals surface area contributed by atoms with E-state index >= 15 is 0 Å². The Kier molecular flexibility index (Phi) is 7.71. The molecule has 21 heavy (non-hydrogen) atoms. The molecule has 1 aromatic rings. The maximum absolute atomic E-state index is 14.2. The molecule has 0 aliphatic heterocycles. The number of benzene rings is 1. The quantitative estimate of drug-likeness (QED) is 0.393. The second-order valence-electron chi connectivity index (χ2n) is 4.46. The molecule has 0 bridgehead atoms. The number of anilines is 1. The van der Waals surface area contributed by atoms with Gasteiger partial charge in [0.15, 0.2) is 0 Å². The largest absolute Gasteiger partial charge is 0.384 e. The van der Waals surface area contributed by atoms with Gasteiger partial charge in [-0.2, -0.15) is 0 Å². The predicted octanol–water partition coefficient (Wildman–Crippen LogP) is 1.99. The average molecular weight is 297 g/mol. The lowest BCUT2D eigenvalue weighted by Crippen LogP contribution is -2.32. The SMILES string of the molecule is CCOCCN(CCOCC)c1ccc(C(=N)N)cc1F. The number of halogens is 1. The summed E-state index contributed by atoms with van der Waals surface area (Å²) in [5.74, 6) is -0.536. The zero-order valence-corrected chi connectivity index (χ0v) is 12.7. The zero-order chi connectivity index (χ0) is 15.7. The lowest BCUT2D eigenvalue weighted by atomic mass is 10.1. The highest BCUT2D eigenvalue weighted by atomic mass is 19.1. The first kappa shape index (κ1) is 17.4. The molecule has 0 saturated heterocycles. The third-order valence-electron chi connectivity index (χ3n) is 3.02. The topological polar surface area (TPSA) is 71.6 Å². The minimum Gasteiger partial charge on any atom is -0.384 e. The second-order valence-corrected chi connectivity index (χ2v) is 4.46. The molecule has 6 heteroatoms. The van der Waals surface area contributed by atoms with E-state index in [0.717, 1.165) is 0 Å². The Hall–Kier alpha value is -1.66. The highest BCUT2D eigenvalue weighted by molar-refractivity contribution is 5.95. The summed E-state index contributed by atoms with van der Waals surface area (Å²) in [6.07, 6.45) is 0. The van der Waals surface area contributed by atoms with Crippen LogP contribution < -0.4 is 10.6 Å². The molecule has 0 saturated carbocycles. The Labute approximate surface area is 125 Å². The molecule has 118 valence electrons. The number of ether oxygens (including phenoxy) is 2. The minimum absolute atomic E-state index is 0.143. The van der Waals surface area contributed by atoms with Gasteiger partial charge in [-0.25, -0.2) is 4.39 Å². The van der Waals surface area contributed by atoms with E-state index in [2.05, 4.69) is 0 Å². The van der Waals surface area contributed by atoms with Gasteiger partial charge in [-0.05, 0) is 32.0 Å². The fraction of sp³-hybridized carbons (Fsp3) is 0.533. The molecule has 5 nitrogen and oxygen atoms in total. The molecule has 0 amide bonds. The van der Waals surface area contributed by atoms with E-state index in [1.807, 2.05) is 18.7 Å². The Morgan fingerprint density at radius 3 is 2.19 bits per heavy atom. The molecule has 0 aliphatic rings. The second kappa shape index (κ2) is 9.31. The van der Waals surface area contributed by atoms with Gasteiger partial charge < -0.3 is 20.1 Å². The average Bonchev–Trinajstić information content (AvgIpc) is 2.46. The van der Waals surface area contributed by atoms with Crippen LogP contribution in [-0.2, 0) is 9.47 Å². The van der Waals surface area contributed by atoms with Gasteiger partial charge in [0.25, 0.3) is 0 Å². The van der Waals surface area contributed by atoms with Crippen LogP contribution in [0.25, 0.3) is 0 Å². The van der Waals surface area contributed by atoms with Crippen molar-refractivity contribution >= 4 is 11.5 Å². The van der Waals surface area contributed by atoms with Gasteiger partial charge in [-0.3, -0.25) is 5.41 Å². The molecule has 0 fully saturated rings. The standard InChI is InChI=1S/C15H24FN3O2/c1-3-20-9-7-19(8-10-21-4-2)14-6-5-12(15(17)18)11-13(14)16/h5-6,11H,3-4,7-10H2,1-2H3,(H3,17,18). The minimum atomic E-state index is -0.393. The highest BCUT2D eigenvalue weighted by Gasteiger charge is 2.13. The molecule has 0 unspecified atom stereocenters. The highest BCUT2D eigenvalue weighted by Crippen LogP contribution is 2.20. The molecule has 0 radical (unpaired) electrons. The molecule has 0 aromatic heterocycles. The number of amidine groups is 1. The maximum atomic E-state index is 14.2. The molecule has 0 aliphatic carbocycles. The fourth-order valence-corrected chi connectivity index (χ4v) is 1.92. The van der Waals surface area contributed by atoms with Gasteiger partial charge in [0, 0.05) is 31.9 Å². The summed E-state index contributed by atoms with van der Waals surface area (Å²) in [5.41, 5.74) is 6.22. The van der Waals surface area contributed by atoms with E-state index in [1.54, 1.807) is 12.1 Å². The van der Waals surface area contributed by atoms with E-state index in [0.29, 0.717) is 50.8 Å². The van der Waals surface area contributed by atoms with Crippen molar-refractivity contribution in [2.45, 2.75) is 13.8 Å². The van der Waals surface area contributed by atoms with Crippen LogP contribution in [-0.4, -0.2) is 45.4 Å². The number of nitrogens with one attached hydrogen (secondary N) is 1. The van der Waals surface area contributed by atoms with Crippen molar-refractivity contribution in [1.29, 1.82) is 5.41 Å². The first-order valence-corrected chi connectivity index (χ1v) is 7.14. The number of rotatable bonds is 10. The van der Waals surface area contributed by atoms with Crippen LogP contribution in [0.1, 0.15) is 19.4 Å². The maximum Gasteiger partial charge on any atom is 0.147 e. The van der Waals surface area contributed by atoms with E-state index in [9.17, 15) is 4.39 Å². The zero-order valence-electron chi connectivity index (χ0n) is 12.7. The summed E-state index contributed by atoms with van der Waals surface area (Å²) in [4.78, 5) is 1.88. The summed E-state index contributed by atoms with van der Waals surface area (Å²) in [7, 11) is 0. The first-order valence-electron chi connectivity index (χ1n) is 7.14. The van der Waals surface area contributed by atoms with E-state index in [1.165, 1.54) is 6.07 Å². The van der Waals surface area contributed by atoms with Crippen LogP contribution in [0.4, 0.5) is 10.1 Å². The Morgan fingerprint density at radius 2 is 1.76 bits per heavy atom. The third kappa shape index (κ3) is 5.69. The van der Waals surface area contributed by atoms with Crippen LogP contribution in [0.5, 0.6) is 0 Å². The van der Waals surface area contributed by atoms with E-state index in [-0.39, 0.29) is 5.84 Å². The van der Waals surface area contributed by atoms with Gasteiger partial charge in [0.2, 0.25) is 0 Å². The van der Waals surface area contributed by atoms with Crippen molar-refractivity contribution in [2.24, 2.45) is 5.73 Å². The van der Waals surface area contributed by atoms with Gasteiger partial charge in [0.1, 0.15) is 11.7 Å². The number of hydrogen-bond donors (Lipinski definition) is 2. The number of nitrogen functional groups attached to an aromatic ring is 1. The van der Waals surface area contributed by atoms with E-state index in [4.69, 9.17) is 20.6 Å². The molecule has 0 spiro atoms. The number of nitrogens with two attached hydrogens (primary N) is 1. The molecule has 1 rings (SSSR count). The Bertz CT molecular complexity index is 445. The normalized spacial score (nSPS) is 10.6. The molecule has 1 aromatic carbocycles. The van der Waals surface area contributed by atoms with Crippen molar-refractivity contribution in [3.63, 3.8) is 0 Å². The van der Waals surface area contributed by atoms with Crippen LogP contribution in [0, 0.1) is 11.2 Å². The van der Waals surface area contributed by atoms with Gasteiger partial charge >= 0.3 is 0 Å². The summed E-state index contributed by atoms with van der Waals surface area (Å²) in [5, 5.41) is 7.34. The van der Waals surface area contributed by atoms with Crippen molar-refractivity contribution in [3.8, 4) is 0 Å². The number of hydrogen-bond acceptors (Lipinski definition) is 4. The van der Waals surface area contributed by atoms with Crippen molar-refractivity contribution in [3.05, 3.63) is 29.6 Å². The van der Waals surface area contributed by atoms with Gasteiger partial charge in [0.05, 0.1) is 18.9 Å². The van der Waals surface area contributed by atoms with Crippen molar-refractivity contribution in [1.82, 2.24) is 0 Å². The fourth-order valence-electron chi connectivity index (χ4n) is 1.92. The van der Waals surface area contributed by atoms with E-state index < -0.39 is 5.82 Å². The molecule has 0 atom stereocenters. The Balaban J connectivity index is 2.82. The van der Waals surface area contributed by atoms with Gasteiger partial charge in [-0.15, -0.1) is 0 Å². The molecule has 0 heterocycles. The first-order chi connectivity index (χ1) is 10.1. The van der Waals surface area contributed by atoms with Crippen LogP contribution in [0.2, 0.25) is 0 Å². The summed E-state index contributed by atoms with van der Waals surface area (Å²) < 4.78 is 24.9. The molecular weight excluding hydrogens is 273 g/mol. The lowest BCUT2D eigenvalue weighted by Gasteiger charge is -2.25. The summed E-state index contributed by atoms with van der Waals surface area (Å²) in [6.45, 7) is 7.32. The monoisotopic (exact) mass is 297 g/mol. The lowest BCUT2D eigenvalue weighted by molar-refractivity contribution is 0.141. The smallest absolute Gasteiger partial charge is 0.147 e. The van der Waals surface area contributed by atoms with Crippen LogP contribution in [0.3, 0.4) is 0 Å². The van der Waals surface area contributed by atoms with Gasteiger partial charge in [-0.1, -0.05) is 0 Å². The Morgan fingerprint density at radius 1 is 1.19 bits per heavy atom. The van der Waals surface area contributed by atoms with Crippen molar-refractivity contribution < 1.29 is 13.9 Å². The summed E-state index contributed by atoms with van der Waals surface area (Å²) in [6, 6.07) is 4.57. The van der Waals surface area contributed by atoms with Crippen LogP contribution >= 0.6 is 0 Å². The molecule has 3 N–H and O–H groups in total. The number of nitrogens with zero attached hydrogens (tertiary/aromatic N) is 1.